The maximum Gasteiger partial charge on any atom is 0.291 e. The zero-order valence-corrected chi connectivity index (χ0v) is 19.3. The Morgan fingerprint density at radius 2 is 1.94 bits per heavy atom. The summed E-state index contributed by atoms with van der Waals surface area (Å²) in [6.45, 7) is 1.81. The molecule has 0 aliphatic carbocycles. The molecule has 2 aromatic carbocycles. The van der Waals surface area contributed by atoms with Crippen LogP contribution in [0.1, 0.15) is 24.7 Å². The van der Waals surface area contributed by atoms with Crippen LogP contribution in [0.25, 0.3) is 11.0 Å². The van der Waals surface area contributed by atoms with E-state index in [1.165, 1.54) is 15.9 Å². The van der Waals surface area contributed by atoms with Gasteiger partial charge >= 0.3 is 0 Å². The molecule has 4 aromatic rings. The van der Waals surface area contributed by atoms with Gasteiger partial charge in [-0.15, -0.1) is 5.10 Å². The Balaban J connectivity index is 1.56. The molecule has 32 heavy (non-hydrogen) atoms. The van der Waals surface area contributed by atoms with Gasteiger partial charge in [0.25, 0.3) is 11.5 Å². The second-order valence-corrected chi connectivity index (χ2v) is 8.80. The van der Waals surface area contributed by atoms with Gasteiger partial charge in [-0.05, 0) is 55.0 Å². The maximum atomic E-state index is 12.7. The molecule has 4 rings (SSSR count). The summed E-state index contributed by atoms with van der Waals surface area (Å²) in [4.78, 5) is 29.9. The fraction of sp³-hybridized carbons (Fsp3) is 0.182. The van der Waals surface area contributed by atoms with E-state index in [-0.39, 0.29) is 18.1 Å². The van der Waals surface area contributed by atoms with Crippen molar-refractivity contribution in [3.63, 3.8) is 0 Å². The van der Waals surface area contributed by atoms with Gasteiger partial charge in [0.2, 0.25) is 4.96 Å². The van der Waals surface area contributed by atoms with E-state index in [0.717, 1.165) is 12.8 Å². The first-order valence-electron chi connectivity index (χ1n) is 9.81. The summed E-state index contributed by atoms with van der Waals surface area (Å²) < 4.78 is 7.46. The molecule has 10 heteroatoms. The van der Waals surface area contributed by atoms with E-state index < -0.39 is 0 Å². The van der Waals surface area contributed by atoms with Crippen LogP contribution in [0.15, 0.2) is 47.3 Å². The van der Waals surface area contributed by atoms with Crippen LogP contribution in [0, 0.1) is 0 Å². The minimum absolute atomic E-state index is 0.217. The molecule has 0 saturated heterocycles. The van der Waals surface area contributed by atoms with E-state index >= 15 is 0 Å². The molecule has 1 amide bonds. The Labute approximate surface area is 197 Å². The Bertz CT molecular complexity index is 1380. The maximum absolute atomic E-state index is 12.7. The van der Waals surface area contributed by atoms with Crippen molar-refractivity contribution in [3.8, 4) is 5.75 Å². The van der Waals surface area contributed by atoms with E-state index in [1.807, 2.05) is 6.92 Å². The first kappa shape index (κ1) is 22.3. The molecule has 0 saturated carbocycles. The van der Waals surface area contributed by atoms with Crippen molar-refractivity contribution < 1.29 is 9.53 Å². The van der Waals surface area contributed by atoms with Crippen LogP contribution in [0.4, 0.5) is 5.69 Å². The molecule has 2 aromatic heterocycles. The molecule has 0 atom stereocenters. The van der Waals surface area contributed by atoms with Gasteiger partial charge in [0.1, 0.15) is 5.75 Å². The highest BCUT2D eigenvalue weighted by Gasteiger charge is 2.12. The number of thiazole rings is 1. The largest absolute Gasteiger partial charge is 0.483 e. The van der Waals surface area contributed by atoms with E-state index in [1.54, 1.807) is 48.5 Å². The second-order valence-electron chi connectivity index (χ2n) is 6.91. The minimum Gasteiger partial charge on any atom is -0.483 e. The van der Waals surface area contributed by atoms with Crippen LogP contribution in [0.5, 0.6) is 5.75 Å². The summed E-state index contributed by atoms with van der Waals surface area (Å²) >= 11 is 13.2. The summed E-state index contributed by atoms with van der Waals surface area (Å²) in [6, 6.07) is 11.8. The highest BCUT2D eigenvalue weighted by atomic mass is 35.5. The number of amides is 1. The third-order valence-electron chi connectivity index (χ3n) is 4.44. The molecule has 0 aliphatic rings. The van der Waals surface area contributed by atoms with Crippen LogP contribution in [0.2, 0.25) is 10.0 Å². The zero-order chi connectivity index (χ0) is 22.7. The summed E-state index contributed by atoms with van der Waals surface area (Å²) in [6.07, 6.45) is 3.29. The summed E-state index contributed by atoms with van der Waals surface area (Å²) in [5, 5.41) is 8.06. The molecule has 0 fully saturated rings. The van der Waals surface area contributed by atoms with Gasteiger partial charge in [-0.2, -0.15) is 4.52 Å². The lowest BCUT2D eigenvalue weighted by Gasteiger charge is -2.10. The van der Waals surface area contributed by atoms with Crippen molar-refractivity contribution >= 4 is 57.2 Å². The highest BCUT2D eigenvalue weighted by molar-refractivity contribution is 7.15. The summed E-state index contributed by atoms with van der Waals surface area (Å²) in [5.41, 5.74) is 0.928. The van der Waals surface area contributed by atoms with Crippen LogP contribution >= 0.6 is 34.5 Å². The molecule has 0 bridgehead atoms. The third kappa shape index (κ3) is 5.09. The number of halogens is 2. The number of aromatic nitrogens is 3. The number of hydrogen-bond acceptors (Lipinski definition) is 6. The number of aryl methyl sites for hydroxylation is 1. The fourth-order valence-corrected chi connectivity index (χ4v) is 4.21. The first-order chi connectivity index (χ1) is 15.4. The van der Waals surface area contributed by atoms with Gasteiger partial charge in [-0.1, -0.05) is 41.5 Å². The predicted octanol–water partition coefficient (Wildman–Crippen LogP) is 3.98. The zero-order valence-electron chi connectivity index (χ0n) is 17.0. The Morgan fingerprint density at radius 3 is 2.66 bits per heavy atom. The average molecular weight is 489 g/mol. The lowest BCUT2D eigenvalue weighted by atomic mass is 10.2. The van der Waals surface area contributed by atoms with E-state index in [2.05, 4.69) is 15.4 Å². The van der Waals surface area contributed by atoms with Crippen LogP contribution in [-0.2, 0) is 11.2 Å². The number of carbonyl (C=O) groups excluding carboxylic acids is 1. The van der Waals surface area contributed by atoms with Gasteiger partial charge in [0.15, 0.2) is 12.4 Å². The number of nitrogens with one attached hydrogen (secondary N) is 1. The standard InChI is InChI=1S/C22H18Cl2N4O3S/c1-2-3-19-26-22-28(27-19)21(30)18(32-22)11-13-10-15(24)6-9-17(13)31-12-20(29)25-16-7-4-14(23)5-8-16/h4-11H,2-3,12H2,1H3,(H,25,29)/b18-11-. The van der Waals surface area contributed by atoms with Gasteiger partial charge < -0.3 is 10.1 Å². The molecule has 0 spiro atoms. The number of benzene rings is 2. The second kappa shape index (κ2) is 9.68. The minimum atomic E-state index is -0.333. The lowest BCUT2D eigenvalue weighted by molar-refractivity contribution is -0.118. The highest BCUT2D eigenvalue weighted by Crippen LogP contribution is 2.24. The summed E-state index contributed by atoms with van der Waals surface area (Å²) in [7, 11) is 0. The van der Waals surface area contributed by atoms with Crippen molar-refractivity contribution in [1.29, 1.82) is 0 Å². The molecule has 0 aliphatic heterocycles. The topological polar surface area (TPSA) is 85.6 Å². The quantitative estimate of drug-likeness (QED) is 0.425. The lowest BCUT2D eigenvalue weighted by Crippen LogP contribution is -2.24. The number of rotatable bonds is 7. The monoisotopic (exact) mass is 488 g/mol. The van der Waals surface area contributed by atoms with Crippen molar-refractivity contribution in [1.82, 2.24) is 14.6 Å². The normalized spacial score (nSPS) is 11.8. The van der Waals surface area contributed by atoms with Gasteiger partial charge in [-0.25, -0.2) is 4.98 Å². The Morgan fingerprint density at radius 1 is 1.19 bits per heavy atom. The van der Waals surface area contributed by atoms with Crippen LogP contribution in [0.3, 0.4) is 0 Å². The van der Waals surface area contributed by atoms with Crippen molar-refractivity contribution in [2.45, 2.75) is 19.8 Å². The Kier molecular flexibility index (Phi) is 6.74. The van der Waals surface area contributed by atoms with Crippen LogP contribution < -0.4 is 20.1 Å². The van der Waals surface area contributed by atoms with Gasteiger partial charge in [0.05, 0.1) is 4.53 Å². The number of fused-ring (bicyclic) bond motifs is 1. The van der Waals surface area contributed by atoms with E-state index in [9.17, 15) is 9.59 Å². The van der Waals surface area contributed by atoms with Gasteiger partial charge in [0, 0.05) is 27.7 Å². The number of ether oxygens (including phenoxy) is 1. The summed E-state index contributed by atoms with van der Waals surface area (Å²) in [5.74, 6) is 0.742. The SMILES string of the molecule is CCCc1nc2s/c(=C\c3cc(Cl)ccc3OCC(=O)Nc3ccc(Cl)cc3)c(=O)n2n1. The van der Waals surface area contributed by atoms with Crippen molar-refractivity contribution in [2.24, 2.45) is 0 Å². The van der Waals surface area contributed by atoms with Crippen LogP contribution in [-0.4, -0.2) is 27.1 Å². The van der Waals surface area contributed by atoms with Gasteiger partial charge in [-0.3, -0.25) is 9.59 Å². The first-order valence-corrected chi connectivity index (χ1v) is 11.4. The molecular weight excluding hydrogens is 471 g/mol. The van der Waals surface area contributed by atoms with E-state index in [0.29, 0.717) is 42.4 Å². The smallest absolute Gasteiger partial charge is 0.291 e. The van der Waals surface area contributed by atoms with Crippen molar-refractivity contribution in [2.75, 3.05) is 11.9 Å². The molecule has 7 nitrogen and oxygen atoms in total. The predicted molar refractivity (Wildman–Crippen MR) is 127 cm³/mol. The molecular formula is C22H18Cl2N4O3S. The third-order valence-corrected chi connectivity index (χ3v) is 5.89. The average Bonchev–Trinajstić information content (AvgIpc) is 3.28. The molecule has 0 radical (unpaired) electrons. The van der Waals surface area contributed by atoms with Crippen molar-refractivity contribution in [3.05, 3.63) is 78.8 Å². The van der Waals surface area contributed by atoms with E-state index in [4.69, 9.17) is 27.9 Å². The number of anilines is 1. The molecule has 1 N–H and O–H groups in total. The molecule has 0 unspecified atom stereocenters. The molecule has 2 heterocycles. The number of carbonyl (C=O) groups is 1. The Hall–Kier alpha value is -2.94. The molecule has 164 valence electrons. The fourth-order valence-electron chi connectivity index (χ4n) is 2.98. The number of hydrogen-bond donors (Lipinski definition) is 1. The number of nitrogens with zero attached hydrogens (tertiary/aromatic N) is 3.